The number of halogens is 1. The zero-order valence-corrected chi connectivity index (χ0v) is 9.72. The Morgan fingerprint density at radius 1 is 1.29 bits per heavy atom. The van der Waals surface area contributed by atoms with Gasteiger partial charge in [-0.2, -0.15) is 0 Å². The van der Waals surface area contributed by atoms with Crippen molar-refractivity contribution < 1.29 is 4.39 Å². The Bertz CT molecular complexity index is 445. The summed E-state index contributed by atoms with van der Waals surface area (Å²) in [5.74, 6) is 3.69. The lowest BCUT2D eigenvalue weighted by Gasteiger charge is -2.16. The van der Waals surface area contributed by atoms with Gasteiger partial charge in [-0.1, -0.05) is 0 Å². The van der Waals surface area contributed by atoms with Crippen LogP contribution in [0.1, 0.15) is 30.9 Å². The van der Waals surface area contributed by atoms with Crippen molar-refractivity contribution in [2.45, 2.75) is 25.3 Å². The predicted molar refractivity (Wildman–Crippen MR) is 62.4 cm³/mol. The van der Waals surface area contributed by atoms with Crippen LogP contribution in [0.25, 0.3) is 0 Å². The monoisotopic (exact) mass is 232 g/mol. The molecule has 4 rings (SSSR count). The molecular formula is C14H17FN2. The molecule has 3 aliphatic carbocycles. The van der Waals surface area contributed by atoms with E-state index in [1.165, 1.54) is 25.5 Å². The predicted octanol–water partition coefficient (Wildman–Crippen LogP) is 2.51. The first kappa shape index (κ1) is 10.0. The lowest BCUT2D eigenvalue weighted by Crippen LogP contribution is -2.18. The van der Waals surface area contributed by atoms with Crippen molar-refractivity contribution in [2.75, 3.05) is 0 Å². The minimum Gasteiger partial charge on any atom is -0.324 e. The van der Waals surface area contributed by atoms with Gasteiger partial charge in [0.1, 0.15) is 5.82 Å². The minimum atomic E-state index is -0.239. The Morgan fingerprint density at radius 2 is 2.00 bits per heavy atom. The molecule has 0 spiro atoms. The van der Waals surface area contributed by atoms with Gasteiger partial charge in [-0.25, -0.2) is 4.39 Å². The number of pyridine rings is 1. The highest BCUT2D eigenvalue weighted by Crippen LogP contribution is 2.71. The highest BCUT2D eigenvalue weighted by molar-refractivity contribution is 5.25. The van der Waals surface area contributed by atoms with Crippen LogP contribution in [0.15, 0.2) is 18.5 Å². The van der Waals surface area contributed by atoms with Crippen molar-refractivity contribution in [1.82, 2.24) is 4.98 Å². The molecule has 0 radical (unpaired) electrons. The second kappa shape index (κ2) is 3.29. The Hall–Kier alpha value is -0.960. The van der Waals surface area contributed by atoms with Crippen LogP contribution in [0.4, 0.5) is 4.39 Å². The van der Waals surface area contributed by atoms with Crippen LogP contribution in [-0.2, 0) is 0 Å². The fourth-order valence-electron chi connectivity index (χ4n) is 4.74. The van der Waals surface area contributed by atoms with Crippen LogP contribution >= 0.6 is 0 Å². The first-order valence-corrected chi connectivity index (χ1v) is 6.62. The quantitative estimate of drug-likeness (QED) is 0.851. The average Bonchev–Trinajstić information content (AvgIpc) is 2.77. The fourth-order valence-corrected chi connectivity index (χ4v) is 4.74. The van der Waals surface area contributed by atoms with Crippen molar-refractivity contribution in [3.8, 4) is 0 Å². The third-order valence-corrected chi connectivity index (χ3v) is 5.37. The molecule has 2 N–H and O–H groups in total. The highest BCUT2D eigenvalue weighted by atomic mass is 19.1. The molecular weight excluding hydrogens is 215 g/mol. The van der Waals surface area contributed by atoms with Gasteiger partial charge in [-0.05, 0) is 54.9 Å². The van der Waals surface area contributed by atoms with Gasteiger partial charge >= 0.3 is 0 Å². The number of aromatic nitrogens is 1. The maximum atomic E-state index is 13.7. The summed E-state index contributed by atoms with van der Waals surface area (Å²) in [6, 6.07) is 1.63. The van der Waals surface area contributed by atoms with Crippen LogP contribution in [0.5, 0.6) is 0 Å². The molecule has 0 amide bonds. The van der Waals surface area contributed by atoms with E-state index in [0.29, 0.717) is 11.5 Å². The third-order valence-electron chi connectivity index (χ3n) is 5.37. The molecule has 3 fully saturated rings. The number of nitrogens with two attached hydrogens (primary N) is 1. The molecule has 1 heterocycles. The van der Waals surface area contributed by atoms with Crippen LogP contribution in [0, 0.1) is 35.4 Å². The van der Waals surface area contributed by atoms with E-state index in [9.17, 15) is 4.39 Å². The van der Waals surface area contributed by atoms with Crippen molar-refractivity contribution in [1.29, 1.82) is 0 Å². The summed E-state index contributed by atoms with van der Waals surface area (Å²) < 4.78 is 13.7. The standard InChI is InChI=1S/C14H17FN2/c15-10-6-17-4-3-9(10)14(16)13-11-7-1-2-8(5-7)12(11)13/h3-4,6-8,11-14H,1-2,5,16H2. The number of hydrogen-bond acceptors (Lipinski definition) is 2. The van der Waals surface area contributed by atoms with Gasteiger partial charge in [0.2, 0.25) is 0 Å². The molecule has 1 aromatic rings. The molecule has 5 atom stereocenters. The lowest BCUT2D eigenvalue weighted by molar-refractivity contribution is 0.409. The molecule has 0 saturated heterocycles. The zero-order chi connectivity index (χ0) is 11.6. The smallest absolute Gasteiger partial charge is 0.146 e. The number of rotatable bonds is 2. The van der Waals surface area contributed by atoms with Gasteiger partial charge in [-0.3, -0.25) is 4.98 Å². The molecule has 17 heavy (non-hydrogen) atoms. The third kappa shape index (κ3) is 1.26. The lowest BCUT2D eigenvalue weighted by atomic mass is 9.94. The SMILES string of the molecule is NC(c1ccncc1F)C1C2C3CCC(C3)C21. The van der Waals surface area contributed by atoms with E-state index in [-0.39, 0.29) is 11.9 Å². The summed E-state index contributed by atoms with van der Waals surface area (Å²) in [5.41, 5.74) is 6.94. The average molecular weight is 232 g/mol. The van der Waals surface area contributed by atoms with Crippen LogP contribution < -0.4 is 5.73 Å². The molecule has 2 bridgehead atoms. The number of fused-ring (bicyclic) bond motifs is 5. The maximum Gasteiger partial charge on any atom is 0.146 e. The van der Waals surface area contributed by atoms with E-state index < -0.39 is 0 Å². The summed E-state index contributed by atoms with van der Waals surface area (Å²) in [6.45, 7) is 0. The van der Waals surface area contributed by atoms with Gasteiger partial charge in [-0.15, -0.1) is 0 Å². The molecule has 3 heteroatoms. The van der Waals surface area contributed by atoms with E-state index >= 15 is 0 Å². The number of hydrogen-bond donors (Lipinski definition) is 1. The van der Waals surface area contributed by atoms with E-state index in [2.05, 4.69) is 4.98 Å². The van der Waals surface area contributed by atoms with Gasteiger partial charge in [0, 0.05) is 17.8 Å². The molecule has 2 nitrogen and oxygen atoms in total. The second-order valence-corrected chi connectivity index (χ2v) is 5.99. The van der Waals surface area contributed by atoms with Crippen molar-refractivity contribution in [3.63, 3.8) is 0 Å². The summed E-state index contributed by atoms with van der Waals surface area (Å²) in [6.07, 6.45) is 7.10. The first-order valence-electron chi connectivity index (χ1n) is 6.62. The van der Waals surface area contributed by atoms with E-state index in [0.717, 1.165) is 23.7 Å². The van der Waals surface area contributed by atoms with E-state index in [1.54, 1.807) is 12.3 Å². The Kier molecular flexibility index (Phi) is 1.93. The maximum absolute atomic E-state index is 13.7. The fraction of sp³-hybridized carbons (Fsp3) is 0.643. The van der Waals surface area contributed by atoms with Crippen LogP contribution in [-0.4, -0.2) is 4.98 Å². The summed E-state index contributed by atoms with van der Waals surface area (Å²) in [5, 5.41) is 0. The normalized spacial score (nSPS) is 43.5. The van der Waals surface area contributed by atoms with Crippen LogP contribution in [0.3, 0.4) is 0 Å². The summed E-state index contributed by atoms with van der Waals surface area (Å²) in [7, 11) is 0. The van der Waals surface area contributed by atoms with Gasteiger partial charge in [0.25, 0.3) is 0 Å². The Morgan fingerprint density at radius 3 is 2.65 bits per heavy atom. The van der Waals surface area contributed by atoms with Crippen molar-refractivity contribution >= 4 is 0 Å². The largest absolute Gasteiger partial charge is 0.324 e. The van der Waals surface area contributed by atoms with Gasteiger partial charge < -0.3 is 5.73 Å². The molecule has 1 aromatic heterocycles. The Balaban J connectivity index is 1.60. The van der Waals surface area contributed by atoms with Gasteiger partial charge in [0.05, 0.1) is 6.20 Å². The van der Waals surface area contributed by atoms with E-state index in [4.69, 9.17) is 5.73 Å². The molecule has 0 aromatic carbocycles. The van der Waals surface area contributed by atoms with Crippen LogP contribution in [0.2, 0.25) is 0 Å². The molecule has 90 valence electrons. The molecule has 5 unspecified atom stereocenters. The Labute approximate surface area is 100 Å². The highest BCUT2D eigenvalue weighted by Gasteiger charge is 2.66. The van der Waals surface area contributed by atoms with E-state index in [1.807, 2.05) is 0 Å². The van der Waals surface area contributed by atoms with Gasteiger partial charge in [0.15, 0.2) is 0 Å². The number of nitrogens with zero attached hydrogens (tertiary/aromatic N) is 1. The minimum absolute atomic E-state index is 0.114. The first-order chi connectivity index (χ1) is 8.27. The molecule has 3 aliphatic rings. The summed E-state index contributed by atoms with van der Waals surface area (Å²) in [4.78, 5) is 3.79. The van der Waals surface area contributed by atoms with Crippen molar-refractivity contribution in [2.24, 2.45) is 35.3 Å². The molecule has 3 saturated carbocycles. The summed E-state index contributed by atoms with van der Waals surface area (Å²) >= 11 is 0. The van der Waals surface area contributed by atoms with Crippen molar-refractivity contribution in [3.05, 3.63) is 29.8 Å². The molecule has 0 aliphatic heterocycles. The second-order valence-electron chi connectivity index (χ2n) is 5.99. The zero-order valence-electron chi connectivity index (χ0n) is 9.72. The topological polar surface area (TPSA) is 38.9 Å².